The third-order valence-electron chi connectivity index (χ3n) is 10.3. The summed E-state index contributed by atoms with van der Waals surface area (Å²) in [6.45, 7) is 0. The molecule has 0 saturated heterocycles. The second-order valence-corrected chi connectivity index (χ2v) is 15.8. The van der Waals surface area contributed by atoms with Gasteiger partial charge in [-0.15, -0.1) is 0 Å². The Bertz CT molecular complexity index is 2630. The summed E-state index contributed by atoms with van der Waals surface area (Å²) >= 11 is 0. The summed E-state index contributed by atoms with van der Waals surface area (Å²) in [5.74, 6) is 0. The summed E-state index contributed by atoms with van der Waals surface area (Å²) in [4.78, 5) is 0. The Morgan fingerprint density at radius 3 is 1.17 bits per heavy atom. The van der Waals surface area contributed by atoms with Crippen LogP contribution < -0.4 is 14.6 Å². The highest BCUT2D eigenvalue weighted by Gasteiger charge is 2.48. The van der Waals surface area contributed by atoms with E-state index in [1.807, 2.05) is 82.1 Å². The first-order chi connectivity index (χ1) is 26.2. The number of anilines is 4. The van der Waals surface area contributed by atoms with E-state index in [2.05, 4.69) is 138 Å². The SMILES string of the molecule is O=P1(c2ccc(-n3c4ccc(-c5ccccc5)cc4c4cc(-c5ccccc5)ccc43)cc2)N(c2ccccc2)c2ccccc2N1c1ccccc1. The summed E-state index contributed by atoms with van der Waals surface area (Å²) in [5.41, 5.74) is 11.6. The third kappa shape index (κ3) is 5.03. The average molecular weight is 700 g/mol. The second kappa shape index (κ2) is 12.6. The van der Waals surface area contributed by atoms with Crippen molar-refractivity contribution in [1.82, 2.24) is 4.57 Å². The quantitative estimate of drug-likeness (QED) is 0.162. The molecule has 1 aliphatic rings. The minimum atomic E-state index is -3.49. The van der Waals surface area contributed by atoms with Crippen molar-refractivity contribution in [3.05, 3.63) is 206 Å². The molecule has 1 aliphatic heterocycles. The molecule has 0 amide bonds. The van der Waals surface area contributed by atoms with Gasteiger partial charge >= 0.3 is 7.44 Å². The van der Waals surface area contributed by atoms with Gasteiger partial charge in [-0.2, -0.15) is 0 Å². The molecule has 0 unspecified atom stereocenters. The summed E-state index contributed by atoms with van der Waals surface area (Å²) in [6.07, 6.45) is 0. The largest absolute Gasteiger partial charge is 0.309 e. The maximum atomic E-state index is 16.1. The van der Waals surface area contributed by atoms with Gasteiger partial charge in [0.25, 0.3) is 0 Å². The van der Waals surface area contributed by atoms with Crippen molar-refractivity contribution in [3.8, 4) is 27.9 Å². The van der Waals surface area contributed by atoms with Gasteiger partial charge in [-0.25, -0.2) is 0 Å². The molecule has 0 bridgehead atoms. The van der Waals surface area contributed by atoms with Crippen molar-refractivity contribution < 1.29 is 4.57 Å². The van der Waals surface area contributed by atoms with Crippen molar-refractivity contribution in [2.24, 2.45) is 0 Å². The van der Waals surface area contributed by atoms with Gasteiger partial charge in [0.2, 0.25) is 0 Å². The van der Waals surface area contributed by atoms with Crippen molar-refractivity contribution in [2.45, 2.75) is 0 Å². The van der Waals surface area contributed by atoms with E-state index in [4.69, 9.17) is 0 Å². The normalized spacial score (nSPS) is 13.4. The number of benzene rings is 8. The molecule has 0 N–H and O–H groups in total. The Balaban J connectivity index is 1.16. The fourth-order valence-corrected chi connectivity index (χ4v) is 10.9. The number of para-hydroxylation sites is 4. The number of fused-ring (bicyclic) bond motifs is 4. The summed E-state index contributed by atoms with van der Waals surface area (Å²) in [6, 6.07) is 71.3. The standard InChI is InChI=1S/C48H34N3OP/c52-53(50(40-19-9-3-10-20-40)47-23-13-14-24-48(47)51(53)41-21-11-4-12-22-41)42-29-27-39(28-30-42)49-45-31-25-37(35-15-5-1-6-16-35)33-43(45)44-34-38(26-32-46(44)49)36-17-7-2-8-18-36/h1-34H. The molecule has 0 aliphatic carbocycles. The van der Waals surface area contributed by atoms with Gasteiger partial charge in [-0.3, -0.25) is 13.9 Å². The first-order valence-electron chi connectivity index (χ1n) is 17.9. The van der Waals surface area contributed by atoms with E-state index in [1.54, 1.807) is 0 Å². The van der Waals surface area contributed by atoms with E-state index in [9.17, 15) is 0 Å². The predicted molar refractivity (Wildman–Crippen MR) is 222 cm³/mol. The van der Waals surface area contributed by atoms with Crippen LogP contribution in [-0.2, 0) is 4.57 Å². The van der Waals surface area contributed by atoms with Crippen LogP contribution in [-0.4, -0.2) is 4.57 Å². The molecule has 2 heterocycles. The molecule has 9 aromatic rings. The Morgan fingerprint density at radius 2 is 0.736 bits per heavy atom. The molecule has 0 saturated carbocycles. The van der Waals surface area contributed by atoms with Gasteiger partial charge in [0.15, 0.2) is 0 Å². The highest BCUT2D eigenvalue weighted by atomic mass is 31.2. The number of hydrogen-bond donors (Lipinski definition) is 0. The van der Waals surface area contributed by atoms with Crippen LogP contribution in [0.4, 0.5) is 22.7 Å². The van der Waals surface area contributed by atoms with Gasteiger partial charge in [-0.1, -0.05) is 121 Å². The molecule has 4 nitrogen and oxygen atoms in total. The molecule has 0 fully saturated rings. The van der Waals surface area contributed by atoms with Crippen molar-refractivity contribution >= 4 is 57.3 Å². The Hall–Kier alpha value is -6.61. The zero-order valence-electron chi connectivity index (χ0n) is 28.8. The lowest BCUT2D eigenvalue weighted by Crippen LogP contribution is -2.26. The zero-order valence-corrected chi connectivity index (χ0v) is 29.7. The lowest BCUT2D eigenvalue weighted by atomic mass is 10.0. The highest BCUT2D eigenvalue weighted by molar-refractivity contribution is 7.76. The van der Waals surface area contributed by atoms with Crippen molar-refractivity contribution in [1.29, 1.82) is 0 Å². The monoisotopic (exact) mass is 699 g/mol. The average Bonchev–Trinajstić information content (AvgIpc) is 3.71. The molecule has 0 atom stereocenters. The van der Waals surface area contributed by atoms with Crippen LogP contribution in [0.3, 0.4) is 0 Å². The molecule has 53 heavy (non-hydrogen) atoms. The van der Waals surface area contributed by atoms with Gasteiger partial charge in [-0.05, 0) is 107 Å². The van der Waals surface area contributed by atoms with Crippen LogP contribution in [0.2, 0.25) is 0 Å². The number of nitrogens with zero attached hydrogens (tertiary/aromatic N) is 3. The third-order valence-corrected chi connectivity index (χ3v) is 13.3. The summed E-state index contributed by atoms with van der Waals surface area (Å²) in [7, 11) is -3.49. The fraction of sp³-hybridized carbons (Fsp3) is 0. The maximum absolute atomic E-state index is 16.1. The molecule has 0 radical (unpaired) electrons. The molecule has 252 valence electrons. The van der Waals surface area contributed by atoms with Gasteiger partial charge in [0.1, 0.15) is 0 Å². The Morgan fingerprint density at radius 1 is 0.340 bits per heavy atom. The lowest BCUT2D eigenvalue weighted by molar-refractivity contribution is 0.582. The maximum Gasteiger partial charge on any atom is 0.301 e. The van der Waals surface area contributed by atoms with E-state index in [1.165, 1.54) is 33.0 Å². The zero-order chi connectivity index (χ0) is 35.4. The van der Waals surface area contributed by atoms with E-state index in [0.29, 0.717) is 0 Å². The Labute approximate surface area is 308 Å². The van der Waals surface area contributed by atoms with Crippen LogP contribution in [0, 0.1) is 0 Å². The van der Waals surface area contributed by atoms with Gasteiger partial charge in [0.05, 0.1) is 27.7 Å². The van der Waals surface area contributed by atoms with Crippen molar-refractivity contribution in [3.63, 3.8) is 0 Å². The minimum absolute atomic E-state index is 0.753. The summed E-state index contributed by atoms with van der Waals surface area (Å²) < 4.78 is 22.6. The molecule has 1 aromatic heterocycles. The highest BCUT2D eigenvalue weighted by Crippen LogP contribution is 2.69. The van der Waals surface area contributed by atoms with Crippen LogP contribution >= 0.6 is 7.44 Å². The van der Waals surface area contributed by atoms with Gasteiger partial charge in [0, 0.05) is 27.8 Å². The van der Waals surface area contributed by atoms with Crippen LogP contribution in [0.5, 0.6) is 0 Å². The van der Waals surface area contributed by atoms with Crippen LogP contribution in [0.25, 0.3) is 49.7 Å². The molecular weight excluding hydrogens is 666 g/mol. The molecule has 0 spiro atoms. The van der Waals surface area contributed by atoms with Crippen molar-refractivity contribution in [2.75, 3.05) is 9.34 Å². The van der Waals surface area contributed by atoms with E-state index in [-0.39, 0.29) is 0 Å². The number of aromatic nitrogens is 1. The first-order valence-corrected chi connectivity index (χ1v) is 19.5. The Kier molecular flexibility index (Phi) is 7.38. The fourth-order valence-electron chi connectivity index (χ4n) is 7.88. The molecular formula is C48H34N3OP. The number of hydrogen-bond acceptors (Lipinski definition) is 1. The van der Waals surface area contributed by atoms with Crippen LogP contribution in [0.1, 0.15) is 0 Å². The molecule has 5 heteroatoms. The predicted octanol–water partition coefficient (Wildman–Crippen LogP) is 12.9. The van der Waals surface area contributed by atoms with Gasteiger partial charge < -0.3 is 4.57 Å². The number of rotatable bonds is 6. The first kappa shape index (κ1) is 31.2. The van der Waals surface area contributed by atoms with E-state index < -0.39 is 7.44 Å². The molecule has 8 aromatic carbocycles. The topological polar surface area (TPSA) is 28.5 Å². The summed E-state index contributed by atoms with van der Waals surface area (Å²) in [5, 5.41) is 3.13. The molecule has 10 rings (SSSR count). The van der Waals surface area contributed by atoms with E-state index in [0.717, 1.165) is 44.8 Å². The minimum Gasteiger partial charge on any atom is -0.309 e. The second-order valence-electron chi connectivity index (χ2n) is 13.4. The smallest absolute Gasteiger partial charge is 0.301 e. The van der Waals surface area contributed by atoms with E-state index >= 15 is 4.57 Å². The van der Waals surface area contributed by atoms with Crippen LogP contribution in [0.15, 0.2) is 206 Å². The lowest BCUT2D eigenvalue weighted by Gasteiger charge is -2.33.